The number of hydrogen-bond donors (Lipinski definition) is 0. The number of nitrogens with zero attached hydrogens (tertiary/aromatic N) is 1. The van der Waals surface area contributed by atoms with Gasteiger partial charge in [-0.05, 0) is 69.8 Å². The second kappa shape index (κ2) is 6.98. The number of halogens is 1. The lowest BCUT2D eigenvalue weighted by molar-refractivity contribution is 0.0971. The number of ketones is 1. The molecule has 2 nitrogen and oxygen atoms in total. The van der Waals surface area contributed by atoms with Crippen LogP contribution in [0.2, 0.25) is 0 Å². The van der Waals surface area contributed by atoms with E-state index in [-0.39, 0.29) is 11.6 Å². The van der Waals surface area contributed by atoms with Crippen LogP contribution in [0, 0.1) is 11.7 Å². The monoisotopic (exact) mass is 277 g/mol. The van der Waals surface area contributed by atoms with Crippen LogP contribution in [-0.2, 0) is 0 Å². The van der Waals surface area contributed by atoms with Crippen molar-refractivity contribution in [2.75, 3.05) is 13.1 Å². The third kappa shape index (κ3) is 4.71. The van der Waals surface area contributed by atoms with Crippen LogP contribution in [0.3, 0.4) is 0 Å². The number of carbonyl (C=O) groups excluding carboxylic acids is 1. The van der Waals surface area contributed by atoms with Gasteiger partial charge >= 0.3 is 0 Å². The highest BCUT2D eigenvalue weighted by Gasteiger charge is 2.25. The van der Waals surface area contributed by atoms with E-state index in [1.54, 1.807) is 12.1 Å². The van der Waals surface area contributed by atoms with Crippen LogP contribution in [0.15, 0.2) is 24.3 Å². The van der Waals surface area contributed by atoms with Crippen LogP contribution >= 0.6 is 0 Å². The Morgan fingerprint density at radius 1 is 1.30 bits per heavy atom. The zero-order chi connectivity index (χ0) is 14.5. The molecular weight excluding hydrogens is 253 g/mol. The highest BCUT2D eigenvalue weighted by atomic mass is 19.1. The smallest absolute Gasteiger partial charge is 0.162 e. The highest BCUT2D eigenvalue weighted by molar-refractivity contribution is 5.95. The van der Waals surface area contributed by atoms with Gasteiger partial charge in [0.1, 0.15) is 5.82 Å². The standard InChI is InChI=1S/C17H24FNO/c1-13(2)19(12-14-5-6-14)11-3-4-17(20)15-7-9-16(18)10-8-15/h7-10,13-14H,3-6,11-12H2,1-2H3. The quantitative estimate of drug-likeness (QED) is 0.671. The minimum absolute atomic E-state index is 0.111. The van der Waals surface area contributed by atoms with Gasteiger partial charge in [0.15, 0.2) is 5.78 Å². The fourth-order valence-corrected chi connectivity index (χ4v) is 2.42. The lowest BCUT2D eigenvalue weighted by Crippen LogP contribution is -2.33. The van der Waals surface area contributed by atoms with E-state index in [1.807, 2.05) is 0 Å². The lowest BCUT2D eigenvalue weighted by atomic mass is 10.1. The molecule has 1 saturated carbocycles. The molecule has 2 rings (SSSR count). The summed E-state index contributed by atoms with van der Waals surface area (Å²) in [6.45, 7) is 6.57. The summed E-state index contributed by atoms with van der Waals surface area (Å²) in [6.07, 6.45) is 4.14. The minimum Gasteiger partial charge on any atom is -0.301 e. The van der Waals surface area contributed by atoms with Crippen molar-refractivity contribution in [2.45, 2.75) is 45.6 Å². The van der Waals surface area contributed by atoms with Gasteiger partial charge in [-0.2, -0.15) is 0 Å². The molecule has 0 spiro atoms. The van der Waals surface area contributed by atoms with Gasteiger partial charge in [0.25, 0.3) is 0 Å². The predicted molar refractivity (Wildman–Crippen MR) is 79.4 cm³/mol. The van der Waals surface area contributed by atoms with E-state index < -0.39 is 0 Å². The number of hydrogen-bond acceptors (Lipinski definition) is 2. The second-order valence-corrected chi connectivity index (χ2v) is 6.07. The van der Waals surface area contributed by atoms with Crippen LogP contribution in [0.1, 0.15) is 49.9 Å². The van der Waals surface area contributed by atoms with Crippen LogP contribution in [0.4, 0.5) is 4.39 Å². The summed E-state index contributed by atoms with van der Waals surface area (Å²) in [4.78, 5) is 14.5. The zero-order valence-corrected chi connectivity index (χ0v) is 12.4. The Labute approximate surface area is 121 Å². The Morgan fingerprint density at radius 2 is 1.95 bits per heavy atom. The van der Waals surface area contributed by atoms with Gasteiger partial charge in [0.05, 0.1) is 0 Å². The summed E-state index contributed by atoms with van der Waals surface area (Å²) in [5.41, 5.74) is 0.615. The van der Waals surface area contributed by atoms with Crippen molar-refractivity contribution in [1.82, 2.24) is 4.90 Å². The SMILES string of the molecule is CC(C)N(CCCC(=O)c1ccc(F)cc1)CC1CC1. The van der Waals surface area contributed by atoms with Gasteiger partial charge in [-0.15, -0.1) is 0 Å². The molecule has 0 saturated heterocycles. The summed E-state index contributed by atoms with van der Waals surface area (Å²) < 4.78 is 12.8. The van der Waals surface area contributed by atoms with E-state index in [0.717, 1.165) is 18.9 Å². The van der Waals surface area contributed by atoms with E-state index in [4.69, 9.17) is 0 Å². The molecule has 3 heteroatoms. The summed E-state index contributed by atoms with van der Waals surface area (Å²) in [5, 5.41) is 0. The Hall–Kier alpha value is -1.22. The molecule has 1 aliphatic carbocycles. The average Bonchev–Trinajstić information content (AvgIpc) is 3.22. The summed E-state index contributed by atoms with van der Waals surface area (Å²) in [6, 6.07) is 6.38. The van der Waals surface area contributed by atoms with Crippen molar-refractivity contribution in [2.24, 2.45) is 5.92 Å². The fraction of sp³-hybridized carbons (Fsp3) is 0.588. The van der Waals surface area contributed by atoms with Gasteiger partial charge in [-0.3, -0.25) is 4.79 Å². The van der Waals surface area contributed by atoms with Crippen molar-refractivity contribution in [3.05, 3.63) is 35.6 Å². The molecule has 0 heterocycles. The fourth-order valence-electron chi connectivity index (χ4n) is 2.42. The van der Waals surface area contributed by atoms with Gasteiger partial charge in [-0.25, -0.2) is 4.39 Å². The summed E-state index contributed by atoms with van der Waals surface area (Å²) in [5.74, 6) is 0.697. The molecular formula is C17H24FNO. The van der Waals surface area contributed by atoms with Crippen LogP contribution in [0.25, 0.3) is 0 Å². The molecule has 0 atom stereocenters. The molecule has 0 aliphatic heterocycles. The van der Waals surface area contributed by atoms with E-state index in [0.29, 0.717) is 18.0 Å². The molecule has 0 amide bonds. The van der Waals surface area contributed by atoms with Gasteiger partial charge < -0.3 is 4.90 Å². The van der Waals surface area contributed by atoms with E-state index in [2.05, 4.69) is 18.7 Å². The first-order valence-electron chi connectivity index (χ1n) is 7.59. The molecule has 0 aromatic heterocycles. The zero-order valence-electron chi connectivity index (χ0n) is 12.4. The predicted octanol–water partition coefficient (Wildman–Crippen LogP) is 3.91. The Bertz CT molecular complexity index is 437. The summed E-state index contributed by atoms with van der Waals surface area (Å²) >= 11 is 0. The molecule has 1 aliphatic rings. The van der Waals surface area contributed by atoms with Crippen LogP contribution in [0.5, 0.6) is 0 Å². The van der Waals surface area contributed by atoms with Crippen molar-refractivity contribution in [3.8, 4) is 0 Å². The Balaban J connectivity index is 1.75. The molecule has 0 bridgehead atoms. The van der Waals surface area contributed by atoms with Crippen molar-refractivity contribution >= 4 is 5.78 Å². The maximum atomic E-state index is 12.8. The van der Waals surface area contributed by atoms with Crippen molar-refractivity contribution in [3.63, 3.8) is 0 Å². The molecule has 1 aromatic rings. The van der Waals surface area contributed by atoms with Crippen molar-refractivity contribution < 1.29 is 9.18 Å². The van der Waals surface area contributed by atoms with Crippen molar-refractivity contribution in [1.29, 1.82) is 0 Å². The minimum atomic E-state index is -0.294. The van der Waals surface area contributed by atoms with E-state index >= 15 is 0 Å². The number of benzene rings is 1. The number of Topliss-reactive ketones (excluding diaryl/α,β-unsaturated/α-hetero) is 1. The summed E-state index contributed by atoms with van der Waals surface area (Å²) in [7, 11) is 0. The third-order valence-electron chi connectivity index (χ3n) is 3.94. The normalized spacial score (nSPS) is 15.1. The molecule has 0 unspecified atom stereocenters. The largest absolute Gasteiger partial charge is 0.301 e. The Morgan fingerprint density at radius 3 is 2.50 bits per heavy atom. The van der Waals surface area contributed by atoms with E-state index in [9.17, 15) is 9.18 Å². The first-order chi connectivity index (χ1) is 9.56. The molecule has 0 radical (unpaired) electrons. The molecule has 1 fully saturated rings. The molecule has 20 heavy (non-hydrogen) atoms. The maximum Gasteiger partial charge on any atom is 0.162 e. The highest BCUT2D eigenvalue weighted by Crippen LogP contribution is 2.30. The second-order valence-electron chi connectivity index (χ2n) is 6.07. The first kappa shape index (κ1) is 15.2. The topological polar surface area (TPSA) is 20.3 Å². The number of carbonyl (C=O) groups is 1. The average molecular weight is 277 g/mol. The first-order valence-corrected chi connectivity index (χ1v) is 7.59. The third-order valence-corrected chi connectivity index (χ3v) is 3.94. The molecule has 0 N–H and O–H groups in total. The van der Waals surface area contributed by atoms with E-state index in [1.165, 1.54) is 31.5 Å². The molecule has 1 aromatic carbocycles. The van der Waals surface area contributed by atoms with Crippen LogP contribution in [-0.4, -0.2) is 29.8 Å². The van der Waals surface area contributed by atoms with Gasteiger partial charge in [0, 0.05) is 24.6 Å². The molecule has 110 valence electrons. The maximum absolute atomic E-state index is 12.8. The van der Waals surface area contributed by atoms with Crippen LogP contribution < -0.4 is 0 Å². The number of rotatable bonds is 8. The van der Waals surface area contributed by atoms with Gasteiger partial charge in [-0.1, -0.05) is 0 Å². The lowest BCUT2D eigenvalue weighted by Gasteiger charge is -2.26. The Kier molecular flexibility index (Phi) is 5.30. The van der Waals surface area contributed by atoms with Gasteiger partial charge in [0.2, 0.25) is 0 Å².